The predicted octanol–water partition coefficient (Wildman–Crippen LogP) is 6.10. The maximum absolute atomic E-state index is 12.4. The van der Waals surface area contributed by atoms with Crippen molar-refractivity contribution in [3.05, 3.63) is 103 Å². The van der Waals surface area contributed by atoms with Crippen molar-refractivity contribution in [1.82, 2.24) is 5.32 Å². The van der Waals surface area contributed by atoms with Gasteiger partial charge in [0.1, 0.15) is 12.4 Å². The molecule has 0 spiro atoms. The minimum Gasteiger partial charge on any atom is -0.488 e. The first-order valence-corrected chi connectivity index (χ1v) is 12.3. The van der Waals surface area contributed by atoms with Crippen molar-refractivity contribution in [2.24, 2.45) is 0 Å². The van der Waals surface area contributed by atoms with Crippen LogP contribution in [-0.4, -0.2) is 16.3 Å². The van der Waals surface area contributed by atoms with Gasteiger partial charge in [-0.25, -0.2) is 0 Å². The highest BCUT2D eigenvalue weighted by atomic mass is 79.9. The van der Waals surface area contributed by atoms with Crippen molar-refractivity contribution in [3.63, 3.8) is 0 Å². The number of thioether (sulfide) groups is 1. The van der Waals surface area contributed by atoms with E-state index in [0.717, 1.165) is 22.1 Å². The molecule has 4 rings (SSSR count). The number of ether oxygens (including phenoxy) is 1. The molecule has 7 nitrogen and oxygen atoms in total. The fourth-order valence-electron chi connectivity index (χ4n) is 3.35. The van der Waals surface area contributed by atoms with Gasteiger partial charge in [0.05, 0.1) is 14.3 Å². The van der Waals surface area contributed by atoms with Crippen molar-refractivity contribution >= 4 is 51.0 Å². The Bertz CT molecular complexity index is 1250. The topological polar surface area (TPSA) is 93.5 Å². The molecule has 0 aliphatic carbocycles. The van der Waals surface area contributed by atoms with Crippen LogP contribution in [0.5, 0.6) is 5.75 Å². The second-order valence-corrected chi connectivity index (χ2v) is 9.58. The summed E-state index contributed by atoms with van der Waals surface area (Å²) in [5.74, 6) is 0.474. The number of non-ortho nitro benzene ring substituents is 1. The monoisotopic (exact) mass is 539 g/mol. The van der Waals surface area contributed by atoms with Crippen molar-refractivity contribution in [3.8, 4) is 5.75 Å². The maximum atomic E-state index is 12.4. The van der Waals surface area contributed by atoms with E-state index in [4.69, 9.17) is 4.74 Å². The number of benzene rings is 3. The van der Waals surface area contributed by atoms with Gasteiger partial charge >= 0.3 is 0 Å². The summed E-state index contributed by atoms with van der Waals surface area (Å²) < 4.78 is 6.54. The number of carbonyl (C=O) groups is 1. The Morgan fingerprint density at radius 2 is 1.94 bits per heavy atom. The molecule has 174 valence electrons. The smallest absolute Gasteiger partial charge is 0.269 e. The Morgan fingerprint density at radius 1 is 1.15 bits per heavy atom. The summed E-state index contributed by atoms with van der Waals surface area (Å²) in [4.78, 5) is 23.6. The molecule has 2 N–H and O–H groups in total. The summed E-state index contributed by atoms with van der Waals surface area (Å²) in [5, 5.41) is 17.2. The number of nitro groups is 1. The number of carbonyl (C=O) groups excluding carboxylic acids is 1. The number of nitro benzene ring substituents is 1. The highest BCUT2D eigenvalue weighted by Gasteiger charge is 2.27. The van der Waals surface area contributed by atoms with Crippen LogP contribution in [0.4, 0.5) is 11.4 Å². The Morgan fingerprint density at radius 3 is 2.65 bits per heavy atom. The van der Waals surface area contributed by atoms with Gasteiger partial charge in [0.15, 0.2) is 5.50 Å². The quantitative estimate of drug-likeness (QED) is 0.204. The van der Waals surface area contributed by atoms with Gasteiger partial charge in [-0.1, -0.05) is 49.0 Å². The molecule has 1 amide bonds. The fraction of sp³-hybridized carbons (Fsp3) is 0.160. The molecule has 34 heavy (non-hydrogen) atoms. The van der Waals surface area contributed by atoms with Crippen molar-refractivity contribution < 1.29 is 14.5 Å². The van der Waals surface area contributed by atoms with Crippen LogP contribution in [0.25, 0.3) is 6.08 Å². The zero-order chi connectivity index (χ0) is 24.1. The van der Waals surface area contributed by atoms with Gasteiger partial charge in [0.2, 0.25) is 0 Å². The van der Waals surface area contributed by atoms with E-state index in [1.54, 1.807) is 18.2 Å². The molecule has 0 saturated carbocycles. The number of amides is 1. The molecular formula is C25H22BrN3O4S. The van der Waals surface area contributed by atoms with E-state index in [1.165, 1.54) is 29.5 Å². The molecule has 9 heteroatoms. The molecule has 0 radical (unpaired) electrons. The second-order valence-electron chi connectivity index (χ2n) is 7.58. The van der Waals surface area contributed by atoms with Gasteiger partial charge < -0.3 is 15.4 Å². The average molecular weight is 540 g/mol. The average Bonchev–Trinajstić information content (AvgIpc) is 3.17. The SMILES string of the molecule is CCc1ccc(NC2NC(=O)C(=Cc3ccc(OCc4cccc([N+](=O)[O-])c4)c(Br)c3)S2)cc1. The van der Waals surface area contributed by atoms with E-state index in [0.29, 0.717) is 16.2 Å². The second kappa shape index (κ2) is 10.8. The number of hydrogen-bond acceptors (Lipinski definition) is 6. The van der Waals surface area contributed by atoms with Gasteiger partial charge in [-0.3, -0.25) is 14.9 Å². The summed E-state index contributed by atoms with van der Waals surface area (Å²) in [6.45, 7) is 2.31. The minimum atomic E-state index is -0.430. The lowest BCUT2D eigenvalue weighted by molar-refractivity contribution is -0.384. The third kappa shape index (κ3) is 5.98. The lowest BCUT2D eigenvalue weighted by Crippen LogP contribution is -2.30. The molecule has 0 aromatic heterocycles. The number of halogens is 1. The molecule has 1 unspecified atom stereocenters. The van der Waals surface area contributed by atoms with Crippen LogP contribution < -0.4 is 15.4 Å². The van der Waals surface area contributed by atoms with Crippen LogP contribution in [0.2, 0.25) is 0 Å². The molecule has 0 bridgehead atoms. The Balaban J connectivity index is 1.39. The van der Waals surface area contributed by atoms with Crippen molar-refractivity contribution in [1.29, 1.82) is 0 Å². The zero-order valence-electron chi connectivity index (χ0n) is 18.3. The third-order valence-electron chi connectivity index (χ3n) is 5.16. The molecule has 3 aromatic carbocycles. The lowest BCUT2D eigenvalue weighted by atomic mass is 10.1. The first kappa shape index (κ1) is 23.8. The number of hydrogen-bond donors (Lipinski definition) is 2. The standard InChI is InChI=1S/C25H22BrN3O4S/c1-2-16-6-9-19(10-7-16)27-25-28-24(30)23(34-25)14-17-8-11-22(21(26)13-17)33-15-18-4-3-5-20(12-18)29(31)32/h3-14,25,27H,2,15H2,1H3,(H,28,30). The molecular weight excluding hydrogens is 518 g/mol. The number of rotatable bonds is 8. The van der Waals surface area contributed by atoms with Crippen molar-refractivity contribution in [2.75, 3.05) is 5.32 Å². The van der Waals surface area contributed by atoms with Crippen LogP contribution in [0, 0.1) is 10.1 Å². The number of aryl methyl sites for hydroxylation is 1. The number of anilines is 1. The highest BCUT2D eigenvalue weighted by molar-refractivity contribution is 9.10. The molecule has 1 aliphatic heterocycles. The van der Waals surface area contributed by atoms with E-state index in [-0.39, 0.29) is 23.7 Å². The van der Waals surface area contributed by atoms with Gasteiger partial charge in [0.25, 0.3) is 11.6 Å². The zero-order valence-corrected chi connectivity index (χ0v) is 20.7. The molecule has 3 aromatic rings. The largest absolute Gasteiger partial charge is 0.488 e. The van der Waals surface area contributed by atoms with E-state index in [2.05, 4.69) is 45.6 Å². The molecule has 1 heterocycles. The first-order valence-electron chi connectivity index (χ1n) is 10.6. The summed E-state index contributed by atoms with van der Waals surface area (Å²) in [6, 6.07) is 20.0. The predicted molar refractivity (Wildman–Crippen MR) is 139 cm³/mol. The van der Waals surface area contributed by atoms with Gasteiger partial charge in [-0.05, 0) is 69.4 Å². The number of nitrogens with one attached hydrogen (secondary N) is 2. The Hall–Kier alpha value is -3.30. The molecule has 1 atom stereocenters. The number of nitrogens with zero attached hydrogens (tertiary/aromatic N) is 1. The molecule has 1 fully saturated rings. The first-order chi connectivity index (χ1) is 16.4. The Kier molecular flexibility index (Phi) is 7.54. The van der Waals surface area contributed by atoms with Crippen LogP contribution in [-0.2, 0) is 17.8 Å². The van der Waals surface area contributed by atoms with Crippen molar-refractivity contribution in [2.45, 2.75) is 25.4 Å². The maximum Gasteiger partial charge on any atom is 0.269 e. The highest BCUT2D eigenvalue weighted by Crippen LogP contribution is 2.33. The minimum absolute atomic E-state index is 0.0280. The summed E-state index contributed by atoms with van der Waals surface area (Å²) in [5.41, 5.74) is 3.54. The van der Waals surface area contributed by atoms with Crippen LogP contribution in [0.15, 0.2) is 76.1 Å². The van der Waals surface area contributed by atoms with Crippen LogP contribution >= 0.6 is 27.7 Å². The summed E-state index contributed by atoms with van der Waals surface area (Å²) >= 11 is 4.94. The normalized spacial score (nSPS) is 16.4. The van der Waals surface area contributed by atoms with Gasteiger partial charge in [-0.2, -0.15) is 0 Å². The summed E-state index contributed by atoms with van der Waals surface area (Å²) in [7, 11) is 0. The van der Waals surface area contributed by atoms with Gasteiger partial charge in [0, 0.05) is 17.8 Å². The molecule has 1 saturated heterocycles. The summed E-state index contributed by atoms with van der Waals surface area (Å²) in [6.07, 6.45) is 2.81. The van der Waals surface area contributed by atoms with E-state index in [1.807, 2.05) is 30.3 Å². The Labute approximate surface area is 209 Å². The molecule has 1 aliphatic rings. The van der Waals surface area contributed by atoms with Crippen LogP contribution in [0.1, 0.15) is 23.6 Å². The van der Waals surface area contributed by atoms with E-state index < -0.39 is 4.92 Å². The third-order valence-corrected chi connectivity index (χ3v) is 6.81. The van der Waals surface area contributed by atoms with E-state index >= 15 is 0 Å². The van der Waals surface area contributed by atoms with E-state index in [9.17, 15) is 14.9 Å². The van der Waals surface area contributed by atoms with Gasteiger partial charge in [-0.15, -0.1) is 0 Å². The van der Waals surface area contributed by atoms with Crippen LogP contribution in [0.3, 0.4) is 0 Å². The lowest BCUT2D eigenvalue weighted by Gasteiger charge is -2.12. The fourth-order valence-corrected chi connectivity index (χ4v) is 4.85.